The molecule has 1 aromatic carbocycles. The second-order valence-electron chi connectivity index (χ2n) is 3.42. The van der Waals surface area contributed by atoms with Gasteiger partial charge in [-0.3, -0.25) is 0 Å². The van der Waals surface area contributed by atoms with Gasteiger partial charge in [-0.05, 0) is 30.9 Å². The fraction of sp³-hybridized carbons (Fsp3) is 0.455. The first kappa shape index (κ1) is 7.66. The summed E-state index contributed by atoms with van der Waals surface area (Å²) in [6.07, 6.45) is 4.10. The van der Waals surface area contributed by atoms with Gasteiger partial charge >= 0.3 is 0 Å². The monoisotopic (exact) mass is 162 g/mol. The molecule has 0 amide bonds. The van der Waals surface area contributed by atoms with Crippen molar-refractivity contribution in [1.29, 1.82) is 0 Å². The van der Waals surface area contributed by atoms with Crippen molar-refractivity contribution in [3.8, 4) is 5.75 Å². The van der Waals surface area contributed by atoms with E-state index in [9.17, 15) is 0 Å². The fourth-order valence-electron chi connectivity index (χ4n) is 1.39. The lowest BCUT2D eigenvalue weighted by molar-refractivity contribution is 0.180. The lowest BCUT2D eigenvalue weighted by atomic mass is 9.86. The van der Waals surface area contributed by atoms with Crippen LogP contribution in [0.5, 0.6) is 5.75 Å². The summed E-state index contributed by atoms with van der Waals surface area (Å²) in [5.74, 6) is 1.83. The van der Waals surface area contributed by atoms with Crippen LogP contribution in [-0.2, 0) is 0 Å². The van der Waals surface area contributed by atoms with Gasteiger partial charge < -0.3 is 4.74 Å². The van der Waals surface area contributed by atoms with E-state index in [4.69, 9.17) is 4.74 Å². The largest absolute Gasteiger partial charge is 0.493 e. The molecule has 0 bridgehead atoms. The fourth-order valence-corrected chi connectivity index (χ4v) is 1.39. The maximum Gasteiger partial charge on any atom is 0.119 e. The van der Waals surface area contributed by atoms with E-state index >= 15 is 0 Å². The van der Waals surface area contributed by atoms with Crippen LogP contribution in [0.15, 0.2) is 30.3 Å². The van der Waals surface area contributed by atoms with E-state index in [0.29, 0.717) is 0 Å². The molecule has 0 heterocycles. The van der Waals surface area contributed by atoms with Crippen molar-refractivity contribution in [2.75, 3.05) is 6.61 Å². The first-order valence-corrected chi connectivity index (χ1v) is 4.63. The van der Waals surface area contributed by atoms with Gasteiger partial charge in [0.15, 0.2) is 0 Å². The van der Waals surface area contributed by atoms with Crippen molar-refractivity contribution < 1.29 is 4.74 Å². The molecule has 1 heteroatoms. The van der Waals surface area contributed by atoms with Gasteiger partial charge in [-0.25, -0.2) is 0 Å². The Bertz CT molecular complexity index is 226. The van der Waals surface area contributed by atoms with E-state index in [0.717, 1.165) is 18.3 Å². The Balaban J connectivity index is 1.79. The number of para-hydroxylation sites is 1. The van der Waals surface area contributed by atoms with Gasteiger partial charge in [0, 0.05) is 0 Å². The van der Waals surface area contributed by atoms with Crippen molar-refractivity contribution in [2.45, 2.75) is 19.3 Å². The van der Waals surface area contributed by atoms with Crippen molar-refractivity contribution in [3.63, 3.8) is 0 Å². The molecule has 0 radical (unpaired) electrons. The zero-order valence-corrected chi connectivity index (χ0v) is 7.20. The maximum atomic E-state index is 5.61. The quantitative estimate of drug-likeness (QED) is 0.664. The molecule has 0 aromatic heterocycles. The molecule has 0 aliphatic heterocycles. The number of benzene rings is 1. The van der Waals surface area contributed by atoms with Gasteiger partial charge in [-0.2, -0.15) is 0 Å². The van der Waals surface area contributed by atoms with Crippen molar-refractivity contribution in [1.82, 2.24) is 0 Å². The molecular weight excluding hydrogens is 148 g/mol. The third kappa shape index (κ3) is 1.79. The smallest absolute Gasteiger partial charge is 0.119 e. The number of rotatable bonds is 3. The van der Waals surface area contributed by atoms with E-state index in [1.54, 1.807) is 0 Å². The van der Waals surface area contributed by atoms with Gasteiger partial charge in [0.05, 0.1) is 6.61 Å². The van der Waals surface area contributed by atoms with Crippen LogP contribution >= 0.6 is 0 Å². The molecule has 0 atom stereocenters. The van der Waals surface area contributed by atoms with Crippen LogP contribution in [0.25, 0.3) is 0 Å². The first-order valence-electron chi connectivity index (χ1n) is 4.63. The summed E-state index contributed by atoms with van der Waals surface area (Å²) in [4.78, 5) is 0. The molecule has 1 aromatic rings. The van der Waals surface area contributed by atoms with Gasteiger partial charge in [-0.15, -0.1) is 0 Å². The summed E-state index contributed by atoms with van der Waals surface area (Å²) in [6, 6.07) is 10.1. The maximum absolute atomic E-state index is 5.61. The molecule has 12 heavy (non-hydrogen) atoms. The van der Waals surface area contributed by atoms with Gasteiger partial charge in [-0.1, -0.05) is 24.6 Å². The van der Waals surface area contributed by atoms with Crippen LogP contribution in [0.3, 0.4) is 0 Å². The minimum absolute atomic E-state index is 0.824. The summed E-state index contributed by atoms with van der Waals surface area (Å²) in [6.45, 7) is 0.907. The molecule has 1 aliphatic carbocycles. The average molecular weight is 162 g/mol. The Morgan fingerprint density at radius 3 is 2.50 bits per heavy atom. The van der Waals surface area contributed by atoms with Gasteiger partial charge in [0.1, 0.15) is 5.75 Å². The standard InChI is InChI=1S/C11H14O/c1-2-7-11(8-3-1)12-9-10-5-4-6-10/h1-3,7-8,10H,4-6,9H2. The molecule has 2 rings (SSSR count). The Hall–Kier alpha value is -0.980. The Kier molecular flexibility index (Phi) is 2.31. The summed E-state index contributed by atoms with van der Waals surface area (Å²) < 4.78 is 5.61. The van der Waals surface area contributed by atoms with Crippen molar-refractivity contribution in [3.05, 3.63) is 30.3 Å². The summed E-state index contributed by atoms with van der Waals surface area (Å²) in [5, 5.41) is 0. The lowest BCUT2D eigenvalue weighted by Gasteiger charge is -2.25. The Morgan fingerprint density at radius 2 is 1.92 bits per heavy atom. The number of hydrogen-bond acceptors (Lipinski definition) is 1. The van der Waals surface area contributed by atoms with Crippen molar-refractivity contribution >= 4 is 0 Å². The molecule has 1 fully saturated rings. The highest BCUT2D eigenvalue weighted by Crippen LogP contribution is 2.26. The topological polar surface area (TPSA) is 9.23 Å². The van der Waals surface area contributed by atoms with E-state index in [1.807, 2.05) is 30.3 Å². The molecule has 64 valence electrons. The lowest BCUT2D eigenvalue weighted by Crippen LogP contribution is -2.19. The van der Waals surface area contributed by atoms with Crippen LogP contribution < -0.4 is 4.74 Å². The first-order chi connectivity index (χ1) is 5.95. The van der Waals surface area contributed by atoms with Crippen LogP contribution in [0, 0.1) is 5.92 Å². The molecule has 1 saturated carbocycles. The van der Waals surface area contributed by atoms with Gasteiger partial charge in [0.2, 0.25) is 0 Å². The highest BCUT2D eigenvalue weighted by Gasteiger charge is 2.17. The minimum Gasteiger partial charge on any atom is -0.493 e. The SMILES string of the molecule is c1ccc(OCC2CCC2)cc1. The molecule has 0 unspecified atom stereocenters. The predicted octanol–water partition coefficient (Wildman–Crippen LogP) is 2.87. The summed E-state index contributed by atoms with van der Waals surface area (Å²) in [7, 11) is 0. The zero-order valence-electron chi connectivity index (χ0n) is 7.20. The summed E-state index contributed by atoms with van der Waals surface area (Å²) >= 11 is 0. The van der Waals surface area contributed by atoms with Crippen molar-refractivity contribution in [2.24, 2.45) is 5.92 Å². The van der Waals surface area contributed by atoms with E-state index in [-0.39, 0.29) is 0 Å². The Labute approximate surface area is 73.4 Å². The predicted molar refractivity (Wildman–Crippen MR) is 49.3 cm³/mol. The Morgan fingerprint density at radius 1 is 1.17 bits per heavy atom. The number of hydrogen-bond donors (Lipinski definition) is 0. The second kappa shape index (κ2) is 3.61. The summed E-state index contributed by atoms with van der Waals surface area (Å²) in [5.41, 5.74) is 0. The highest BCUT2D eigenvalue weighted by atomic mass is 16.5. The van der Waals surface area contributed by atoms with Crippen LogP contribution in [0.4, 0.5) is 0 Å². The average Bonchev–Trinajstić information content (AvgIpc) is 2.04. The van der Waals surface area contributed by atoms with E-state index in [2.05, 4.69) is 0 Å². The molecule has 0 saturated heterocycles. The molecule has 1 aliphatic rings. The third-order valence-electron chi connectivity index (χ3n) is 2.45. The third-order valence-corrected chi connectivity index (χ3v) is 2.45. The zero-order chi connectivity index (χ0) is 8.23. The van der Waals surface area contributed by atoms with Crippen LogP contribution in [0.2, 0.25) is 0 Å². The number of ether oxygens (including phenoxy) is 1. The minimum atomic E-state index is 0.824. The molecule has 0 spiro atoms. The molecule has 1 nitrogen and oxygen atoms in total. The molecular formula is C11H14O. The second-order valence-corrected chi connectivity index (χ2v) is 3.42. The van der Waals surface area contributed by atoms with E-state index in [1.165, 1.54) is 19.3 Å². The van der Waals surface area contributed by atoms with Gasteiger partial charge in [0.25, 0.3) is 0 Å². The van der Waals surface area contributed by atoms with Crippen LogP contribution in [0.1, 0.15) is 19.3 Å². The normalized spacial score (nSPS) is 17.0. The highest BCUT2D eigenvalue weighted by molar-refractivity contribution is 5.20. The molecule has 0 N–H and O–H groups in total. The van der Waals surface area contributed by atoms with E-state index < -0.39 is 0 Å². The van der Waals surface area contributed by atoms with Crippen LogP contribution in [-0.4, -0.2) is 6.61 Å².